The molecule has 1 aromatic rings. The van der Waals surface area contributed by atoms with Crippen LogP contribution in [0.15, 0.2) is 12.1 Å². The number of nitrogen functional groups attached to an aromatic ring is 1. The third kappa shape index (κ3) is 5.59. The molecule has 1 heterocycles. The molecule has 0 aliphatic carbocycles. The Labute approximate surface area is 114 Å². The second kappa shape index (κ2) is 7.88. The van der Waals surface area contributed by atoms with E-state index in [1.807, 2.05) is 0 Å². The summed E-state index contributed by atoms with van der Waals surface area (Å²) >= 11 is 0. The van der Waals surface area contributed by atoms with Crippen molar-refractivity contribution in [3.8, 4) is 0 Å². The minimum atomic E-state index is -4.46. The van der Waals surface area contributed by atoms with Gasteiger partial charge in [-0.05, 0) is 12.1 Å². The zero-order chi connectivity index (χ0) is 15.0. The fourth-order valence-electron chi connectivity index (χ4n) is 1.35. The van der Waals surface area contributed by atoms with Gasteiger partial charge in [0.25, 0.3) is 0 Å². The van der Waals surface area contributed by atoms with Crippen LogP contribution in [0, 0.1) is 0 Å². The van der Waals surface area contributed by atoms with Crippen LogP contribution < -0.4 is 16.6 Å². The third-order valence-electron chi connectivity index (χ3n) is 2.28. The molecular weight excluding hydrogens is 277 g/mol. The zero-order valence-electron chi connectivity index (χ0n) is 11.0. The SMILES string of the molecule is COCCOCCNc1cc(C(F)(F)F)cc(NN)n1. The summed E-state index contributed by atoms with van der Waals surface area (Å²) < 4.78 is 47.9. The second-order valence-corrected chi connectivity index (χ2v) is 3.80. The normalized spacial score (nSPS) is 11.4. The highest BCUT2D eigenvalue weighted by atomic mass is 19.4. The highest BCUT2D eigenvalue weighted by Crippen LogP contribution is 2.31. The Balaban J connectivity index is 2.56. The van der Waals surface area contributed by atoms with Crippen molar-refractivity contribution < 1.29 is 22.6 Å². The Bertz CT molecular complexity index is 415. The fraction of sp³-hybridized carbons (Fsp3) is 0.545. The number of aromatic nitrogens is 1. The van der Waals surface area contributed by atoms with E-state index >= 15 is 0 Å². The van der Waals surface area contributed by atoms with Crippen molar-refractivity contribution in [2.45, 2.75) is 6.18 Å². The summed E-state index contributed by atoms with van der Waals surface area (Å²) in [6.07, 6.45) is -4.46. The van der Waals surface area contributed by atoms with E-state index in [0.29, 0.717) is 26.4 Å². The molecule has 0 amide bonds. The standard InChI is InChI=1S/C11H17F3N4O2/c1-19-4-5-20-3-2-16-9-6-8(11(12,13)14)7-10(17-9)18-15/h6-7H,2-5,15H2,1H3,(H2,16,17,18). The number of rotatable bonds is 8. The molecule has 6 nitrogen and oxygen atoms in total. The number of anilines is 2. The van der Waals surface area contributed by atoms with Crippen molar-refractivity contribution in [3.63, 3.8) is 0 Å². The van der Waals surface area contributed by atoms with Crippen LogP contribution in [0.5, 0.6) is 0 Å². The Morgan fingerprint density at radius 3 is 2.50 bits per heavy atom. The van der Waals surface area contributed by atoms with Gasteiger partial charge >= 0.3 is 6.18 Å². The maximum Gasteiger partial charge on any atom is 0.416 e. The second-order valence-electron chi connectivity index (χ2n) is 3.80. The molecule has 0 bridgehead atoms. The van der Waals surface area contributed by atoms with Gasteiger partial charge in [0.05, 0.1) is 25.4 Å². The van der Waals surface area contributed by atoms with Crippen LogP contribution in [0.2, 0.25) is 0 Å². The molecule has 0 aromatic carbocycles. The Morgan fingerprint density at radius 2 is 1.90 bits per heavy atom. The lowest BCUT2D eigenvalue weighted by molar-refractivity contribution is -0.137. The van der Waals surface area contributed by atoms with Crippen LogP contribution in [0.25, 0.3) is 0 Å². The predicted molar refractivity (Wildman–Crippen MR) is 68.2 cm³/mol. The summed E-state index contributed by atoms with van der Waals surface area (Å²) in [4.78, 5) is 3.87. The highest BCUT2D eigenvalue weighted by molar-refractivity contribution is 5.49. The minimum absolute atomic E-state index is 0.0670. The van der Waals surface area contributed by atoms with E-state index in [-0.39, 0.29) is 11.6 Å². The first kappa shape index (κ1) is 16.5. The monoisotopic (exact) mass is 294 g/mol. The Hall–Kier alpha value is -1.58. The molecule has 20 heavy (non-hydrogen) atoms. The Morgan fingerprint density at radius 1 is 1.20 bits per heavy atom. The van der Waals surface area contributed by atoms with Gasteiger partial charge in [-0.2, -0.15) is 13.2 Å². The maximum absolute atomic E-state index is 12.6. The van der Waals surface area contributed by atoms with Crippen LogP contribution in [-0.4, -0.2) is 38.5 Å². The van der Waals surface area contributed by atoms with Crippen LogP contribution >= 0.6 is 0 Å². The van der Waals surface area contributed by atoms with Gasteiger partial charge in [-0.25, -0.2) is 10.8 Å². The van der Waals surface area contributed by atoms with Gasteiger partial charge in [0.2, 0.25) is 0 Å². The molecule has 1 aromatic heterocycles. The predicted octanol–water partition coefficient (Wildman–Crippen LogP) is 1.46. The number of hydrogen-bond donors (Lipinski definition) is 3. The molecule has 4 N–H and O–H groups in total. The molecular formula is C11H17F3N4O2. The van der Waals surface area contributed by atoms with Gasteiger partial charge in [-0.3, -0.25) is 0 Å². The first-order valence-corrected chi connectivity index (χ1v) is 5.84. The maximum atomic E-state index is 12.6. The summed E-state index contributed by atoms with van der Waals surface area (Å²) in [7, 11) is 1.55. The number of ether oxygens (including phenoxy) is 2. The lowest BCUT2D eigenvalue weighted by atomic mass is 10.2. The zero-order valence-corrected chi connectivity index (χ0v) is 11.0. The van der Waals surface area contributed by atoms with Crippen molar-refractivity contribution >= 4 is 11.6 Å². The average molecular weight is 294 g/mol. The molecule has 0 aliphatic heterocycles. The van der Waals surface area contributed by atoms with Gasteiger partial charge in [0, 0.05) is 13.7 Å². The van der Waals surface area contributed by atoms with E-state index in [2.05, 4.69) is 15.7 Å². The summed E-state index contributed by atoms with van der Waals surface area (Å²) in [5, 5.41) is 2.74. The van der Waals surface area contributed by atoms with Crippen LogP contribution in [0.1, 0.15) is 5.56 Å². The number of nitrogens with two attached hydrogens (primary N) is 1. The first-order valence-electron chi connectivity index (χ1n) is 5.84. The van der Waals surface area contributed by atoms with Gasteiger partial charge in [-0.15, -0.1) is 0 Å². The molecule has 0 unspecified atom stereocenters. The van der Waals surface area contributed by atoms with Gasteiger partial charge in [0.1, 0.15) is 11.6 Å². The van der Waals surface area contributed by atoms with Crippen molar-refractivity contribution in [2.24, 2.45) is 5.84 Å². The summed E-state index contributed by atoms with van der Waals surface area (Å²) in [5.41, 5.74) is 1.27. The molecule has 0 saturated heterocycles. The van der Waals surface area contributed by atoms with Crippen molar-refractivity contribution in [1.82, 2.24) is 4.98 Å². The summed E-state index contributed by atoms with van der Waals surface area (Å²) in [5.74, 6) is 5.10. The Kier molecular flexibility index (Phi) is 6.49. The van der Waals surface area contributed by atoms with Crippen LogP contribution in [0.4, 0.5) is 24.8 Å². The van der Waals surface area contributed by atoms with Gasteiger partial charge in [0.15, 0.2) is 0 Å². The van der Waals surface area contributed by atoms with E-state index in [4.69, 9.17) is 15.3 Å². The number of methoxy groups -OCH3 is 1. The van der Waals surface area contributed by atoms with E-state index < -0.39 is 11.7 Å². The highest BCUT2D eigenvalue weighted by Gasteiger charge is 2.31. The number of alkyl halides is 3. The number of hydrazine groups is 1. The molecule has 0 aliphatic rings. The number of nitrogens with one attached hydrogen (secondary N) is 2. The molecule has 0 saturated carbocycles. The van der Waals surface area contributed by atoms with Crippen molar-refractivity contribution in [3.05, 3.63) is 17.7 Å². The van der Waals surface area contributed by atoms with Crippen molar-refractivity contribution in [2.75, 3.05) is 44.2 Å². The first-order chi connectivity index (χ1) is 9.47. The molecule has 9 heteroatoms. The molecule has 0 radical (unpaired) electrons. The van der Waals surface area contributed by atoms with Crippen LogP contribution in [0.3, 0.4) is 0 Å². The number of hydrogen-bond acceptors (Lipinski definition) is 6. The minimum Gasteiger partial charge on any atom is -0.382 e. The number of halogens is 3. The smallest absolute Gasteiger partial charge is 0.382 e. The van der Waals surface area contributed by atoms with Crippen LogP contribution in [-0.2, 0) is 15.7 Å². The molecule has 114 valence electrons. The number of nitrogens with zero attached hydrogens (tertiary/aromatic N) is 1. The largest absolute Gasteiger partial charge is 0.416 e. The third-order valence-corrected chi connectivity index (χ3v) is 2.28. The summed E-state index contributed by atoms with van der Waals surface area (Å²) in [6, 6.07) is 1.75. The van der Waals surface area contributed by atoms with E-state index in [1.54, 1.807) is 7.11 Å². The number of pyridine rings is 1. The lowest BCUT2D eigenvalue weighted by Gasteiger charge is -2.12. The molecule has 0 atom stereocenters. The molecule has 0 fully saturated rings. The fourth-order valence-corrected chi connectivity index (χ4v) is 1.35. The molecule has 1 rings (SSSR count). The average Bonchev–Trinajstić information content (AvgIpc) is 2.41. The molecule has 0 spiro atoms. The van der Waals surface area contributed by atoms with E-state index in [9.17, 15) is 13.2 Å². The van der Waals surface area contributed by atoms with Crippen molar-refractivity contribution in [1.29, 1.82) is 0 Å². The van der Waals surface area contributed by atoms with Gasteiger partial charge < -0.3 is 20.2 Å². The topological polar surface area (TPSA) is 81.4 Å². The summed E-state index contributed by atoms with van der Waals surface area (Å²) in [6.45, 7) is 1.53. The van der Waals surface area contributed by atoms with Gasteiger partial charge in [-0.1, -0.05) is 0 Å². The van der Waals surface area contributed by atoms with E-state index in [0.717, 1.165) is 12.1 Å². The quantitative estimate of drug-likeness (QED) is 0.382. The lowest BCUT2D eigenvalue weighted by Crippen LogP contribution is -2.16. The van der Waals surface area contributed by atoms with E-state index in [1.165, 1.54) is 0 Å².